The Labute approximate surface area is 159 Å². The number of fused-ring (bicyclic) bond motifs is 1. The summed E-state index contributed by atoms with van der Waals surface area (Å²) in [4.78, 5) is 34.0. The number of urea groups is 1. The van der Waals surface area contributed by atoms with Gasteiger partial charge < -0.3 is 5.73 Å². The predicted molar refractivity (Wildman–Crippen MR) is 105 cm³/mol. The molecular formula is C18H18N4O2S2. The number of amides is 3. The second-order valence-electron chi connectivity index (χ2n) is 6.01. The Morgan fingerprint density at radius 1 is 1.19 bits per heavy atom. The first kappa shape index (κ1) is 18.3. The lowest BCUT2D eigenvalue weighted by Gasteiger charge is -2.18. The zero-order valence-corrected chi connectivity index (χ0v) is 15.9. The van der Waals surface area contributed by atoms with E-state index >= 15 is 0 Å². The highest BCUT2D eigenvalue weighted by Gasteiger charge is 2.26. The Balaban J connectivity index is 1.95. The second-order valence-corrected chi connectivity index (χ2v) is 8.17. The van der Waals surface area contributed by atoms with Gasteiger partial charge in [-0.05, 0) is 17.5 Å². The van der Waals surface area contributed by atoms with Crippen LogP contribution in [0.15, 0.2) is 47.8 Å². The minimum absolute atomic E-state index is 0.00315. The molecular weight excluding hydrogens is 368 g/mol. The predicted octanol–water partition coefficient (Wildman–Crippen LogP) is 3.67. The zero-order chi connectivity index (χ0) is 18.7. The van der Waals surface area contributed by atoms with Gasteiger partial charge in [0.05, 0.1) is 5.25 Å². The van der Waals surface area contributed by atoms with Crippen molar-refractivity contribution < 1.29 is 9.59 Å². The molecule has 134 valence electrons. The van der Waals surface area contributed by atoms with Gasteiger partial charge in [-0.3, -0.25) is 10.1 Å². The summed E-state index contributed by atoms with van der Waals surface area (Å²) in [6, 6.07) is 11.2. The van der Waals surface area contributed by atoms with E-state index in [2.05, 4.69) is 15.3 Å². The molecule has 3 N–H and O–H groups in total. The Morgan fingerprint density at radius 3 is 2.58 bits per heavy atom. The van der Waals surface area contributed by atoms with Gasteiger partial charge in [0.25, 0.3) is 0 Å². The molecule has 3 amide bonds. The van der Waals surface area contributed by atoms with Crippen LogP contribution in [0.5, 0.6) is 0 Å². The fourth-order valence-electron chi connectivity index (χ4n) is 2.48. The Bertz CT molecular complexity index is 941. The highest BCUT2D eigenvalue weighted by molar-refractivity contribution is 8.00. The van der Waals surface area contributed by atoms with Gasteiger partial charge in [-0.15, -0.1) is 11.3 Å². The third kappa shape index (κ3) is 4.03. The Morgan fingerprint density at radius 2 is 1.92 bits per heavy atom. The number of primary amides is 1. The average molecular weight is 387 g/mol. The summed E-state index contributed by atoms with van der Waals surface area (Å²) in [6.45, 7) is 3.83. The molecule has 6 nitrogen and oxygen atoms in total. The van der Waals surface area contributed by atoms with Gasteiger partial charge in [-0.2, -0.15) is 0 Å². The van der Waals surface area contributed by atoms with Crippen molar-refractivity contribution in [2.24, 2.45) is 11.7 Å². The molecule has 3 rings (SSSR count). The fraction of sp³-hybridized carbons (Fsp3) is 0.222. The minimum Gasteiger partial charge on any atom is -0.351 e. The molecule has 0 unspecified atom stereocenters. The van der Waals surface area contributed by atoms with E-state index in [4.69, 9.17) is 5.73 Å². The molecule has 0 aliphatic heterocycles. The van der Waals surface area contributed by atoms with Crippen molar-refractivity contribution in [3.63, 3.8) is 0 Å². The van der Waals surface area contributed by atoms with Crippen LogP contribution >= 0.6 is 23.1 Å². The van der Waals surface area contributed by atoms with Gasteiger partial charge in [0.15, 0.2) is 0 Å². The molecule has 0 fully saturated rings. The molecule has 3 aromatic rings. The van der Waals surface area contributed by atoms with Crippen LogP contribution in [0.4, 0.5) is 4.79 Å². The van der Waals surface area contributed by atoms with E-state index in [0.717, 1.165) is 20.7 Å². The van der Waals surface area contributed by atoms with E-state index in [-0.39, 0.29) is 5.92 Å². The van der Waals surface area contributed by atoms with Gasteiger partial charge >= 0.3 is 6.03 Å². The number of aromatic nitrogens is 2. The molecule has 26 heavy (non-hydrogen) atoms. The van der Waals surface area contributed by atoms with Crippen LogP contribution in [-0.4, -0.2) is 27.2 Å². The number of thiophene rings is 1. The number of nitrogens with zero attached hydrogens (tertiary/aromatic N) is 2. The molecule has 0 aliphatic carbocycles. The number of carbonyl (C=O) groups is 2. The molecule has 1 aromatic carbocycles. The van der Waals surface area contributed by atoms with Crippen LogP contribution in [0.25, 0.3) is 20.7 Å². The molecule has 0 saturated carbocycles. The average Bonchev–Trinajstić information content (AvgIpc) is 3.04. The SMILES string of the molecule is CC(C)[C@@H](Sc1ncnc2sc(-c3ccccc3)cc12)C(=O)NC(N)=O. The van der Waals surface area contributed by atoms with Gasteiger partial charge in [0.2, 0.25) is 5.91 Å². The van der Waals surface area contributed by atoms with Crippen LogP contribution < -0.4 is 11.1 Å². The first-order valence-electron chi connectivity index (χ1n) is 8.02. The summed E-state index contributed by atoms with van der Waals surface area (Å²) >= 11 is 2.90. The number of nitrogens with two attached hydrogens (primary N) is 1. The molecule has 8 heteroatoms. The van der Waals surface area contributed by atoms with Gasteiger partial charge in [-0.1, -0.05) is 55.9 Å². The first-order chi connectivity index (χ1) is 12.5. The molecule has 1 atom stereocenters. The highest BCUT2D eigenvalue weighted by atomic mass is 32.2. The van der Waals surface area contributed by atoms with E-state index < -0.39 is 17.2 Å². The lowest BCUT2D eigenvalue weighted by atomic mass is 10.1. The van der Waals surface area contributed by atoms with Crippen molar-refractivity contribution >= 4 is 45.3 Å². The lowest BCUT2D eigenvalue weighted by molar-refractivity contribution is -0.120. The molecule has 0 spiro atoms. The fourth-order valence-corrected chi connectivity index (χ4v) is 4.62. The van der Waals surface area contributed by atoms with Gasteiger partial charge in [0.1, 0.15) is 16.2 Å². The van der Waals surface area contributed by atoms with E-state index in [1.807, 2.05) is 50.2 Å². The van der Waals surface area contributed by atoms with E-state index in [1.54, 1.807) is 11.3 Å². The van der Waals surface area contributed by atoms with E-state index in [0.29, 0.717) is 5.03 Å². The van der Waals surface area contributed by atoms with Crippen molar-refractivity contribution in [2.45, 2.75) is 24.1 Å². The number of thioether (sulfide) groups is 1. The summed E-state index contributed by atoms with van der Waals surface area (Å²) in [5.74, 6) is -0.417. The largest absolute Gasteiger partial charge is 0.351 e. The van der Waals surface area contributed by atoms with Crippen molar-refractivity contribution in [3.05, 3.63) is 42.7 Å². The van der Waals surface area contributed by atoms with Crippen molar-refractivity contribution in [3.8, 4) is 10.4 Å². The van der Waals surface area contributed by atoms with Crippen molar-refractivity contribution in [2.75, 3.05) is 0 Å². The van der Waals surface area contributed by atoms with Gasteiger partial charge in [0, 0.05) is 10.3 Å². The molecule has 0 bridgehead atoms. The van der Waals surface area contributed by atoms with E-state index in [9.17, 15) is 9.59 Å². The summed E-state index contributed by atoms with van der Waals surface area (Å²) in [5.41, 5.74) is 6.19. The molecule has 0 radical (unpaired) electrons. The number of carbonyl (C=O) groups excluding carboxylic acids is 2. The van der Waals surface area contributed by atoms with Crippen LogP contribution in [0.2, 0.25) is 0 Å². The molecule has 2 heterocycles. The Kier molecular flexibility index (Phi) is 5.53. The van der Waals surface area contributed by atoms with Crippen LogP contribution in [0.1, 0.15) is 13.8 Å². The van der Waals surface area contributed by atoms with Crippen LogP contribution in [0.3, 0.4) is 0 Å². The van der Waals surface area contributed by atoms with Crippen molar-refractivity contribution in [1.82, 2.24) is 15.3 Å². The number of benzene rings is 1. The number of hydrogen-bond acceptors (Lipinski definition) is 6. The van der Waals surface area contributed by atoms with Crippen LogP contribution in [0, 0.1) is 5.92 Å². The maximum Gasteiger partial charge on any atom is 0.318 e. The third-order valence-corrected chi connectivity index (χ3v) is 6.35. The summed E-state index contributed by atoms with van der Waals surface area (Å²) in [5, 5.41) is 3.29. The quantitative estimate of drug-likeness (QED) is 0.515. The monoisotopic (exact) mass is 386 g/mol. The number of hydrogen-bond donors (Lipinski definition) is 2. The van der Waals surface area contributed by atoms with Crippen LogP contribution in [-0.2, 0) is 4.79 Å². The van der Waals surface area contributed by atoms with E-state index in [1.165, 1.54) is 18.1 Å². The Hall–Kier alpha value is -2.45. The number of nitrogens with one attached hydrogen (secondary N) is 1. The second kappa shape index (κ2) is 7.84. The maximum atomic E-state index is 12.3. The number of imide groups is 1. The summed E-state index contributed by atoms with van der Waals surface area (Å²) in [6.07, 6.45) is 1.50. The summed E-state index contributed by atoms with van der Waals surface area (Å²) < 4.78 is 0. The molecule has 0 aliphatic rings. The van der Waals surface area contributed by atoms with Crippen molar-refractivity contribution in [1.29, 1.82) is 0 Å². The molecule has 0 saturated heterocycles. The smallest absolute Gasteiger partial charge is 0.318 e. The summed E-state index contributed by atoms with van der Waals surface area (Å²) in [7, 11) is 0. The minimum atomic E-state index is -0.851. The first-order valence-corrected chi connectivity index (χ1v) is 9.72. The maximum absolute atomic E-state index is 12.3. The van der Waals surface area contributed by atoms with Gasteiger partial charge in [-0.25, -0.2) is 14.8 Å². The lowest BCUT2D eigenvalue weighted by Crippen LogP contribution is -2.42. The zero-order valence-electron chi connectivity index (χ0n) is 14.3. The third-order valence-electron chi connectivity index (χ3n) is 3.70. The number of rotatable bonds is 5. The molecule has 2 aromatic heterocycles. The topological polar surface area (TPSA) is 98.0 Å². The highest BCUT2D eigenvalue weighted by Crippen LogP contribution is 2.38. The standard InChI is InChI=1S/C18H18N4O2S2/c1-10(2)14(15(23)22-18(19)24)26-17-12-8-13(11-6-4-3-5-7-11)25-16(12)20-9-21-17/h3-10,14H,1-2H3,(H3,19,22,23,24)/t14-/m1/s1. The normalized spacial score (nSPS) is 12.3.